The van der Waals surface area contributed by atoms with E-state index in [1.54, 1.807) is 0 Å². The Morgan fingerprint density at radius 1 is 1.06 bits per heavy atom. The zero-order valence-corrected chi connectivity index (χ0v) is 18.9. The van der Waals surface area contributed by atoms with Gasteiger partial charge >= 0.3 is 0 Å². The number of para-hydroxylation sites is 1. The molecule has 170 valence electrons. The molecule has 31 heavy (non-hydrogen) atoms. The monoisotopic (exact) mass is 427 g/mol. The number of ether oxygens (including phenoxy) is 1. The molecule has 0 bridgehead atoms. The second-order valence-electron chi connectivity index (χ2n) is 8.88. The van der Waals surface area contributed by atoms with Crippen LogP contribution in [0.25, 0.3) is 0 Å². The minimum Gasteiger partial charge on any atom is -0.493 e. The highest BCUT2D eigenvalue weighted by molar-refractivity contribution is 5.80. The van der Waals surface area contributed by atoms with Crippen LogP contribution >= 0.6 is 0 Å². The van der Waals surface area contributed by atoms with Crippen LogP contribution in [0, 0.1) is 5.92 Å². The van der Waals surface area contributed by atoms with Gasteiger partial charge < -0.3 is 19.9 Å². The van der Waals surface area contributed by atoms with Gasteiger partial charge in [-0.25, -0.2) is 4.99 Å². The molecule has 0 radical (unpaired) electrons. The highest BCUT2D eigenvalue weighted by Gasteiger charge is 2.25. The molecule has 2 heterocycles. The quantitative estimate of drug-likeness (QED) is 0.509. The summed E-state index contributed by atoms with van der Waals surface area (Å²) in [4.78, 5) is 24.0. The molecule has 4 rings (SSSR count). The number of benzene rings is 1. The summed E-state index contributed by atoms with van der Waals surface area (Å²) in [5, 5.41) is 3.44. The van der Waals surface area contributed by atoms with E-state index in [4.69, 9.17) is 9.73 Å². The lowest BCUT2D eigenvalue weighted by Crippen LogP contribution is -2.54. The Labute approximate surface area is 186 Å². The predicted octanol–water partition coefficient (Wildman–Crippen LogP) is 2.18. The molecule has 0 aromatic heterocycles. The van der Waals surface area contributed by atoms with Gasteiger partial charge in [0.2, 0.25) is 5.91 Å². The molecular formula is C24H37N5O2. The number of nitrogens with one attached hydrogen (secondary N) is 1. The Morgan fingerprint density at radius 3 is 2.52 bits per heavy atom. The molecule has 0 unspecified atom stereocenters. The first-order valence-electron chi connectivity index (χ1n) is 12.0. The molecule has 3 aliphatic rings. The lowest BCUT2D eigenvalue weighted by molar-refractivity contribution is -0.131. The van der Waals surface area contributed by atoms with Crippen molar-refractivity contribution < 1.29 is 9.53 Å². The van der Waals surface area contributed by atoms with Crippen molar-refractivity contribution in [2.75, 3.05) is 59.0 Å². The summed E-state index contributed by atoms with van der Waals surface area (Å²) in [6, 6.07) is 8.24. The first-order valence-corrected chi connectivity index (χ1v) is 12.0. The van der Waals surface area contributed by atoms with E-state index in [0.29, 0.717) is 13.1 Å². The van der Waals surface area contributed by atoms with Crippen molar-refractivity contribution in [3.63, 3.8) is 0 Å². The molecule has 2 aliphatic heterocycles. The van der Waals surface area contributed by atoms with Crippen LogP contribution in [0.5, 0.6) is 5.75 Å². The summed E-state index contributed by atoms with van der Waals surface area (Å²) in [5.74, 6) is 2.93. The molecule has 3 fully saturated rings. The number of hydrogen-bond donors (Lipinski definition) is 1. The molecule has 7 nitrogen and oxygen atoms in total. The Bertz CT molecular complexity index is 750. The van der Waals surface area contributed by atoms with E-state index >= 15 is 0 Å². The van der Waals surface area contributed by atoms with Gasteiger partial charge in [0, 0.05) is 51.4 Å². The van der Waals surface area contributed by atoms with Crippen molar-refractivity contribution in [1.29, 1.82) is 0 Å². The number of amides is 1. The van der Waals surface area contributed by atoms with Gasteiger partial charge in [0.15, 0.2) is 5.96 Å². The number of guanidine groups is 1. The van der Waals surface area contributed by atoms with Crippen molar-refractivity contribution in [2.24, 2.45) is 10.9 Å². The SMILES string of the molecule is CCNC(=NCc1ccccc1OCC1CC1)N1CCN(CC(=O)N2CCCC2)CC1. The molecule has 2 saturated heterocycles. The van der Waals surface area contributed by atoms with Gasteiger partial charge in [-0.1, -0.05) is 18.2 Å². The van der Waals surface area contributed by atoms with Gasteiger partial charge in [-0.3, -0.25) is 9.69 Å². The van der Waals surface area contributed by atoms with Gasteiger partial charge in [-0.05, 0) is 44.6 Å². The average Bonchev–Trinajstić information content (AvgIpc) is 3.46. The smallest absolute Gasteiger partial charge is 0.236 e. The number of aliphatic imine (C=N–C) groups is 1. The molecule has 0 atom stereocenters. The molecule has 1 amide bonds. The van der Waals surface area contributed by atoms with Crippen molar-refractivity contribution in [3.8, 4) is 5.75 Å². The fourth-order valence-electron chi connectivity index (χ4n) is 4.23. The lowest BCUT2D eigenvalue weighted by Gasteiger charge is -2.36. The van der Waals surface area contributed by atoms with Crippen molar-refractivity contribution in [2.45, 2.75) is 39.2 Å². The largest absolute Gasteiger partial charge is 0.493 e. The summed E-state index contributed by atoms with van der Waals surface area (Å²) < 4.78 is 6.05. The Morgan fingerprint density at radius 2 is 1.81 bits per heavy atom. The average molecular weight is 428 g/mol. The summed E-state index contributed by atoms with van der Waals surface area (Å²) in [5.41, 5.74) is 1.13. The number of carbonyl (C=O) groups is 1. The van der Waals surface area contributed by atoms with Gasteiger partial charge in [0.05, 0.1) is 19.7 Å². The van der Waals surface area contributed by atoms with Gasteiger partial charge in [0.25, 0.3) is 0 Å². The van der Waals surface area contributed by atoms with Crippen molar-refractivity contribution in [3.05, 3.63) is 29.8 Å². The number of carbonyl (C=O) groups excluding carboxylic acids is 1. The first kappa shape index (κ1) is 21.9. The highest BCUT2D eigenvalue weighted by atomic mass is 16.5. The minimum atomic E-state index is 0.286. The minimum absolute atomic E-state index is 0.286. The Hall–Kier alpha value is -2.28. The molecule has 0 spiro atoms. The van der Waals surface area contributed by atoms with E-state index in [-0.39, 0.29) is 5.91 Å². The van der Waals surface area contributed by atoms with E-state index in [9.17, 15) is 4.79 Å². The number of nitrogens with zero attached hydrogens (tertiary/aromatic N) is 4. The lowest BCUT2D eigenvalue weighted by atomic mass is 10.2. The first-order chi connectivity index (χ1) is 15.2. The second-order valence-corrected chi connectivity index (χ2v) is 8.88. The van der Waals surface area contributed by atoms with E-state index in [2.05, 4.69) is 40.2 Å². The van der Waals surface area contributed by atoms with Crippen LogP contribution in [-0.4, -0.2) is 85.5 Å². The molecule has 7 heteroatoms. The summed E-state index contributed by atoms with van der Waals surface area (Å²) in [6.07, 6.45) is 4.88. The third kappa shape index (κ3) is 6.35. The van der Waals surface area contributed by atoms with Crippen LogP contribution in [0.3, 0.4) is 0 Å². The molecule has 1 aliphatic carbocycles. The highest BCUT2D eigenvalue weighted by Crippen LogP contribution is 2.30. The van der Waals surface area contributed by atoms with Gasteiger partial charge in [-0.15, -0.1) is 0 Å². The van der Waals surface area contributed by atoms with Crippen LogP contribution < -0.4 is 10.1 Å². The van der Waals surface area contributed by atoms with E-state index < -0.39 is 0 Å². The zero-order valence-electron chi connectivity index (χ0n) is 18.9. The topological polar surface area (TPSA) is 60.4 Å². The standard InChI is InChI=1S/C24H37N5O2/c1-2-25-24(26-17-21-7-3-4-8-22(21)31-19-20-9-10-20)29-15-13-27(14-16-29)18-23(30)28-11-5-6-12-28/h3-4,7-8,20H,2,5-6,9-19H2,1H3,(H,25,26). The maximum absolute atomic E-state index is 12.4. The summed E-state index contributed by atoms with van der Waals surface area (Å²) in [7, 11) is 0. The zero-order chi connectivity index (χ0) is 21.5. The van der Waals surface area contributed by atoms with Crippen LogP contribution in [0.1, 0.15) is 38.2 Å². The van der Waals surface area contributed by atoms with E-state index in [1.807, 2.05) is 11.0 Å². The molecule has 1 aromatic rings. The van der Waals surface area contributed by atoms with Crippen LogP contribution in [0.2, 0.25) is 0 Å². The number of hydrogen-bond acceptors (Lipinski definition) is 4. The third-order valence-corrected chi connectivity index (χ3v) is 6.37. The van der Waals surface area contributed by atoms with Crippen molar-refractivity contribution >= 4 is 11.9 Å². The van der Waals surface area contributed by atoms with E-state index in [0.717, 1.165) is 88.5 Å². The maximum Gasteiger partial charge on any atom is 0.236 e. The maximum atomic E-state index is 12.4. The molecule has 1 aromatic carbocycles. The van der Waals surface area contributed by atoms with Gasteiger partial charge in [-0.2, -0.15) is 0 Å². The molecular weight excluding hydrogens is 390 g/mol. The Kier molecular flexibility index (Phi) is 7.67. The summed E-state index contributed by atoms with van der Waals surface area (Å²) >= 11 is 0. The second kappa shape index (κ2) is 10.8. The third-order valence-electron chi connectivity index (χ3n) is 6.37. The fourth-order valence-corrected chi connectivity index (χ4v) is 4.23. The van der Waals surface area contributed by atoms with Crippen LogP contribution in [-0.2, 0) is 11.3 Å². The van der Waals surface area contributed by atoms with Crippen molar-refractivity contribution in [1.82, 2.24) is 20.0 Å². The normalized spacial score (nSPS) is 20.2. The predicted molar refractivity (Wildman–Crippen MR) is 123 cm³/mol. The summed E-state index contributed by atoms with van der Waals surface area (Å²) in [6.45, 7) is 10.3. The number of likely N-dealkylation sites (tertiary alicyclic amines) is 1. The van der Waals surface area contributed by atoms with Gasteiger partial charge in [0.1, 0.15) is 5.75 Å². The molecule has 1 N–H and O–H groups in total. The Balaban J connectivity index is 1.30. The number of rotatable bonds is 8. The van der Waals surface area contributed by atoms with Crippen LogP contribution in [0.15, 0.2) is 29.3 Å². The molecule has 1 saturated carbocycles. The van der Waals surface area contributed by atoms with Crippen LogP contribution in [0.4, 0.5) is 0 Å². The van der Waals surface area contributed by atoms with E-state index in [1.165, 1.54) is 12.8 Å². The number of piperazine rings is 1. The fraction of sp³-hybridized carbons (Fsp3) is 0.667.